The molecule has 0 aliphatic carbocycles. The van der Waals surface area contributed by atoms with Crippen LogP contribution < -0.4 is 5.32 Å². The molecule has 6 heteroatoms. The van der Waals surface area contributed by atoms with Gasteiger partial charge in [0.25, 0.3) is 0 Å². The zero-order chi connectivity index (χ0) is 39.6. The first-order valence-corrected chi connectivity index (χ1v) is 23.9. The van der Waals surface area contributed by atoms with Crippen LogP contribution in [0.4, 0.5) is 0 Å². The summed E-state index contributed by atoms with van der Waals surface area (Å²) in [6, 6.07) is -0.698. The summed E-state index contributed by atoms with van der Waals surface area (Å²) < 4.78 is 5.88. The third-order valence-corrected chi connectivity index (χ3v) is 11.1. The van der Waals surface area contributed by atoms with Crippen molar-refractivity contribution in [2.45, 2.75) is 277 Å². The van der Waals surface area contributed by atoms with Crippen molar-refractivity contribution in [3.63, 3.8) is 0 Å². The average molecular weight is 764 g/mol. The van der Waals surface area contributed by atoms with E-state index in [2.05, 4.69) is 38.2 Å². The molecular formula is C48H93NO5. The van der Waals surface area contributed by atoms with Gasteiger partial charge in [0.2, 0.25) is 5.91 Å². The number of aliphatic hydroxyl groups is 2. The maximum atomic E-state index is 13.1. The molecule has 0 aromatic carbocycles. The molecule has 0 aromatic heterocycles. The molecule has 0 rings (SSSR count). The summed E-state index contributed by atoms with van der Waals surface area (Å²) >= 11 is 0. The van der Waals surface area contributed by atoms with Crippen LogP contribution in [0.1, 0.15) is 258 Å². The summed E-state index contributed by atoms with van der Waals surface area (Å²) in [5.74, 6) is -0.481. The van der Waals surface area contributed by atoms with Crippen molar-refractivity contribution < 1.29 is 24.5 Å². The highest BCUT2D eigenvalue weighted by atomic mass is 16.5. The van der Waals surface area contributed by atoms with Crippen molar-refractivity contribution in [2.24, 2.45) is 0 Å². The Kier molecular flexibility index (Phi) is 41.6. The Morgan fingerprint density at radius 2 is 0.889 bits per heavy atom. The molecule has 54 heavy (non-hydrogen) atoms. The van der Waals surface area contributed by atoms with E-state index >= 15 is 0 Å². The Morgan fingerprint density at radius 3 is 1.35 bits per heavy atom. The average Bonchev–Trinajstić information content (AvgIpc) is 3.16. The van der Waals surface area contributed by atoms with Crippen LogP contribution in [-0.4, -0.2) is 46.9 Å². The van der Waals surface area contributed by atoms with E-state index in [1.807, 2.05) is 0 Å². The first kappa shape index (κ1) is 52.6. The molecule has 0 saturated heterocycles. The van der Waals surface area contributed by atoms with Gasteiger partial charge in [-0.05, 0) is 51.4 Å². The highest BCUT2D eigenvalue weighted by Crippen LogP contribution is 2.18. The van der Waals surface area contributed by atoms with Crippen molar-refractivity contribution in [1.29, 1.82) is 0 Å². The van der Waals surface area contributed by atoms with E-state index in [0.29, 0.717) is 19.3 Å². The molecule has 3 unspecified atom stereocenters. The molecule has 3 N–H and O–H groups in total. The minimum Gasteiger partial charge on any atom is -0.462 e. The molecule has 0 aromatic rings. The van der Waals surface area contributed by atoms with Gasteiger partial charge in [0.1, 0.15) is 6.10 Å². The number of hydrogen-bond donors (Lipinski definition) is 3. The van der Waals surface area contributed by atoms with Crippen molar-refractivity contribution >= 4 is 11.9 Å². The Bertz CT molecular complexity index is 817. The van der Waals surface area contributed by atoms with Gasteiger partial charge in [-0.2, -0.15) is 0 Å². The Labute approximate surface area is 336 Å². The number of aliphatic hydroxyl groups excluding tert-OH is 2. The second-order valence-electron chi connectivity index (χ2n) is 16.5. The van der Waals surface area contributed by atoms with Crippen LogP contribution in [0.15, 0.2) is 12.2 Å². The maximum Gasteiger partial charge on any atom is 0.306 e. The maximum absolute atomic E-state index is 13.1. The lowest BCUT2D eigenvalue weighted by Gasteiger charge is -2.24. The van der Waals surface area contributed by atoms with E-state index in [9.17, 15) is 19.8 Å². The molecule has 6 nitrogen and oxygen atoms in total. The number of rotatable bonds is 43. The smallest absolute Gasteiger partial charge is 0.306 e. The number of unbranched alkanes of at least 4 members (excludes halogenated alkanes) is 29. The summed E-state index contributed by atoms with van der Waals surface area (Å²) in [7, 11) is 0. The zero-order valence-corrected chi connectivity index (χ0v) is 36.4. The highest BCUT2D eigenvalue weighted by molar-refractivity contribution is 5.77. The molecule has 0 heterocycles. The number of hydrogen-bond acceptors (Lipinski definition) is 5. The van der Waals surface area contributed by atoms with Crippen LogP contribution in [0.2, 0.25) is 0 Å². The second kappa shape index (κ2) is 42.7. The lowest BCUT2D eigenvalue weighted by atomic mass is 10.0. The number of amides is 1. The number of esters is 1. The number of nitrogens with one attached hydrogen (secondary N) is 1. The summed E-state index contributed by atoms with van der Waals surface area (Å²) in [4.78, 5) is 25.9. The van der Waals surface area contributed by atoms with Gasteiger partial charge in [-0.15, -0.1) is 0 Å². The molecule has 0 fully saturated rings. The molecule has 1 amide bonds. The van der Waals surface area contributed by atoms with Crippen LogP contribution in [-0.2, 0) is 14.3 Å². The van der Waals surface area contributed by atoms with Crippen LogP contribution in [0.25, 0.3) is 0 Å². The first-order valence-electron chi connectivity index (χ1n) is 23.9. The van der Waals surface area contributed by atoms with Crippen molar-refractivity contribution in [1.82, 2.24) is 5.32 Å². The van der Waals surface area contributed by atoms with Crippen LogP contribution in [0, 0.1) is 0 Å². The molecule has 3 atom stereocenters. The number of carbonyl (C=O) groups is 2. The molecule has 0 spiro atoms. The molecular weight excluding hydrogens is 671 g/mol. The van der Waals surface area contributed by atoms with Gasteiger partial charge in [-0.3, -0.25) is 9.59 Å². The van der Waals surface area contributed by atoms with Crippen molar-refractivity contribution in [3.8, 4) is 0 Å². The number of carbonyl (C=O) groups excluding carboxylic acids is 2. The largest absolute Gasteiger partial charge is 0.462 e. The van der Waals surface area contributed by atoms with E-state index in [0.717, 1.165) is 64.2 Å². The minimum absolute atomic E-state index is 0.0727. The fourth-order valence-corrected chi connectivity index (χ4v) is 7.43. The summed E-state index contributed by atoms with van der Waals surface area (Å²) in [5.41, 5.74) is 0. The topological polar surface area (TPSA) is 95.9 Å². The molecule has 0 saturated carbocycles. The highest BCUT2D eigenvalue weighted by Gasteiger charge is 2.24. The summed E-state index contributed by atoms with van der Waals surface area (Å²) in [6.45, 7) is 6.45. The van der Waals surface area contributed by atoms with E-state index in [1.54, 1.807) is 0 Å². The third-order valence-electron chi connectivity index (χ3n) is 11.1. The summed E-state index contributed by atoms with van der Waals surface area (Å²) in [6.07, 6.45) is 45.6. The Morgan fingerprint density at radius 1 is 0.519 bits per heavy atom. The van der Waals surface area contributed by atoms with Crippen LogP contribution in [0.5, 0.6) is 0 Å². The Balaban J connectivity index is 4.47. The predicted octanol–water partition coefficient (Wildman–Crippen LogP) is 13.8. The lowest BCUT2D eigenvalue weighted by molar-refractivity contribution is -0.151. The van der Waals surface area contributed by atoms with Crippen molar-refractivity contribution in [3.05, 3.63) is 12.2 Å². The standard InChI is InChI=1S/C48H93NO5/c1-4-7-10-13-16-19-22-23-24-25-26-28-31-34-37-40-46(51)45(43-50)49-47(52)42-44(39-36-33-30-27-20-17-14-11-8-5-2)54-48(53)41-38-35-32-29-21-18-15-12-9-6-3/h17,20,44-46,50-51H,4-16,18-19,21-43H2,1-3H3,(H,49,52)/b20-17-. The van der Waals surface area contributed by atoms with E-state index in [-0.39, 0.29) is 24.9 Å². The number of ether oxygens (including phenoxy) is 1. The van der Waals surface area contributed by atoms with Crippen molar-refractivity contribution in [2.75, 3.05) is 6.61 Å². The summed E-state index contributed by atoms with van der Waals surface area (Å²) in [5, 5.41) is 23.7. The van der Waals surface area contributed by atoms with Crippen LogP contribution >= 0.6 is 0 Å². The second-order valence-corrected chi connectivity index (χ2v) is 16.5. The third kappa shape index (κ3) is 37.5. The normalized spacial score (nSPS) is 13.4. The molecule has 0 radical (unpaired) electrons. The van der Waals surface area contributed by atoms with E-state index < -0.39 is 18.2 Å². The zero-order valence-electron chi connectivity index (χ0n) is 36.4. The lowest BCUT2D eigenvalue weighted by Crippen LogP contribution is -2.46. The minimum atomic E-state index is -0.784. The number of allylic oxidation sites excluding steroid dienone is 2. The van der Waals surface area contributed by atoms with Gasteiger partial charge in [-0.1, -0.05) is 206 Å². The molecule has 0 bridgehead atoms. The monoisotopic (exact) mass is 764 g/mol. The van der Waals surface area contributed by atoms with E-state index in [1.165, 1.54) is 148 Å². The fourth-order valence-electron chi connectivity index (χ4n) is 7.43. The van der Waals surface area contributed by atoms with Gasteiger partial charge in [0.15, 0.2) is 0 Å². The van der Waals surface area contributed by atoms with Gasteiger partial charge in [0.05, 0.1) is 25.2 Å². The van der Waals surface area contributed by atoms with Gasteiger partial charge >= 0.3 is 5.97 Å². The van der Waals surface area contributed by atoms with Gasteiger partial charge in [0, 0.05) is 6.42 Å². The van der Waals surface area contributed by atoms with Gasteiger partial charge in [-0.25, -0.2) is 0 Å². The Hall–Kier alpha value is -1.40. The molecule has 0 aliphatic heterocycles. The van der Waals surface area contributed by atoms with Crippen LogP contribution in [0.3, 0.4) is 0 Å². The quantitative estimate of drug-likeness (QED) is 0.0326. The van der Waals surface area contributed by atoms with E-state index in [4.69, 9.17) is 4.74 Å². The first-order chi connectivity index (χ1) is 26.5. The van der Waals surface area contributed by atoms with Gasteiger partial charge < -0.3 is 20.3 Å². The molecule has 320 valence electrons. The predicted molar refractivity (Wildman–Crippen MR) is 232 cm³/mol. The SMILES string of the molecule is CCCCC/C=C\CCCCCC(CC(=O)NC(CO)C(O)CCCCCCCCCCCCCCCCC)OC(=O)CCCCCCCCCCCC. The molecule has 0 aliphatic rings. The fraction of sp³-hybridized carbons (Fsp3) is 0.917.